The Hall–Kier alpha value is -2.49. The number of imide groups is 1. The Morgan fingerprint density at radius 3 is 2.50 bits per heavy atom. The summed E-state index contributed by atoms with van der Waals surface area (Å²) in [7, 11) is 1.75. The number of aromatic nitrogens is 2. The van der Waals surface area contributed by atoms with Crippen LogP contribution in [0.2, 0.25) is 0 Å². The normalized spacial score (nSPS) is 23.5. The van der Waals surface area contributed by atoms with Crippen molar-refractivity contribution in [1.82, 2.24) is 24.7 Å². The van der Waals surface area contributed by atoms with Crippen molar-refractivity contribution in [3.63, 3.8) is 0 Å². The number of piperidine rings is 3. The van der Waals surface area contributed by atoms with Crippen LogP contribution in [0.25, 0.3) is 11.0 Å². The summed E-state index contributed by atoms with van der Waals surface area (Å²) in [5, 5.41) is 5.74. The van der Waals surface area contributed by atoms with Gasteiger partial charge in [0, 0.05) is 20.0 Å². The van der Waals surface area contributed by atoms with Gasteiger partial charge in [0.1, 0.15) is 6.04 Å². The van der Waals surface area contributed by atoms with Gasteiger partial charge in [-0.15, -0.1) is 0 Å². The van der Waals surface area contributed by atoms with Crippen LogP contribution in [0.3, 0.4) is 0 Å². The average Bonchev–Trinajstić information content (AvgIpc) is 3.10. The number of amides is 2. The lowest BCUT2D eigenvalue weighted by molar-refractivity contribution is -0.135. The molecule has 3 fully saturated rings. The summed E-state index contributed by atoms with van der Waals surface area (Å²) in [5.74, 6) is -0.215. The summed E-state index contributed by atoms with van der Waals surface area (Å²) in [4.78, 5) is 39.4. The van der Waals surface area contributed by atoms with Gasteiger partial charge in [0.25, 0.3) is 0 Å². The molecule has 1 unspecified atom stereocenters. The minimum Gasteiger partial charge on any atom is -0.377 e. The Morgan fingerprint density at radius 2 is 1.76 bits per heavy atom. The highest BCUT2D eigenvalue weighted by Crippen LogP contribution is 2.31. The monoisotopic (exact) mass is 469 g/mol. The second kappa shape index (κ2) is 10.0. The smallest absolute Gasteiger partial charge is 0.329 e. The summed E-state index contributed by atoms with van der Waals surface area (Å²) in [6.07, 6.45) is 5.40. The van der Waals surface area contributed by atoms with Crippen LogP contribution < -0.4 is 16.3 Å². The molecule has 9 heteroatoms. The number of nitrogens with one attached hydrogen (secondary N) is 2. The van der Waals surface area contributed by atoms with Gasteiger partial charge in [-0.25, -0.2) is 4.79 Å². The number of carbonyl (C=O) groups excluding carboxylic acids is 2. The molecule has 0 radical (unpaired) electrons. The van der Waals surface area contributed by atoms with Crippen LogP contribution in [0, 0.1) is 0 Å². The van der Waals surface area contributed by atoms with E-state index in [-0.39, 0.29) is 18.0 Å². The van der Waals surface area contributed by atoms with E-state index in [0.29, 0.717) is 18.4 Å². The zero-order valence-electron chi connectivity index (χ0n) is 19.9. The number of hydrogen-bond donors (Lipinski definition) is 2. The highest BCUT2D eigenvalue weighted by molar-refractivity contribution is 6.00. The third kappa shape index (κ3) is 4.69. The number of fused-ring (bicyclic) bond motifs is 1. The lowest BCUT2D eigenvalue weighted by atomic mass is 9.89. The molecule has 3 aliphatic heterocycles. The van der Waals surface area contributed by atoms with Crippen molar-refractivity contribution >= 4 is 22.8 Å². The highest BCUT2D eigenvalue weighted by atomic mass is 16.5. The van der Waals surface area contributed by atoms with E-state index in [1.54, 1.807) is 16.2 Å². The number of rotatable bonds is 6. The number of aryl methyl sites for hydroxylation is 1. The molecule has 2 aromatic rings. The molecule has 9 nitrogen and oxygen atoms in total. The minimum atomic E-state index is -0.643. The van der Waals surface area contributed by atoms with Gasteiger partial charge in [-0.1, -0.05) is 6.07 Å². The van der Waals surface area contributed by atoms with E-state index >= 15 is 0 Å². The van der Waals surface area contributed by atoms with Crippen molar-refractivity contribution in [3.8, 4) is 0 Å². The summed E-state index contributed by atoms with van der Waals surface area (Å²) < 4.78 is 9.24. The molecule has 5 rings (SSSR count). The fraction of sp³-hybridized carbons (Fsp3) is 0.640. The number of ether oxygens (including phenoxy) is 1. The summed E-state index contributed by atoms with van der Waals surface area (Å²) in [6, 6.07) is 5.54. The second-order valence-electron chi connectivity index (χ2n) is 9.86. The molecule has 0 saturated carbocycles. The Morgan fingerprint density at radius 1 is 1.00 bits per heavy atom. The third-order valence-corrected chi connectivity index (χ3v) is 7.74. The van der Waals surface area contributed by atoms with Gasteiger partial charge in [-0.05, 0) is 81.9 Å². The van der Waals surface area contributed by atoms with Crippen molar-refractivity contribution in [2.75, 3.05) is 39.3 Å². The zero-order chi connectivity index (χ0) is 23.7. The molecule has 0 spiro atoms. The number of benzene rings is 1. The van der Waals surface area contributed by atoms with E-state index in [0.717, 1.165) is 76.0 Å². The van der Waals surface area contributed by atoms with E-state index in [2.05, 4.69) is 27.7 Å². The Balaban J connectivity index is 1.23. The lowest BCUT2D eigenvalue weighted by Crippen LogP contribution is -2.44. The molecule has 34 heavy (non-hydrogen) atoms. The Kier molecular flexibility index (Phi) is 6.85. The summed E-state index contributed by atoms with van der Waals surface area (Å²) in [5.41, 5.74) is 2.61. The molecule has 184 valence electrons. The maximum atomic E-state index is 13.0. The molecule has 1 atom stereocenters. The standard InChI is InChI=1S/C25H35N5O4/c1-28-22-16-18(2-3-20(22)30(25(28)33)21-4-5-23(31)27-24(21)32)17-8-12-29(13-9-17)14-15-34-19-6-10-26-11-7-19/h2-3,16-17,19,21,26H,4-15H2,1H3,(H,27,31,32). The predicted octanol–water partition coefficient (Wildman–Crippen LogP) is 1.27. The van der Waals surface area contributed by atoms with Crippen LogP contribution in [0.4, 0.5) is 0 Å². The number of hydrogen-bond acceptors (Lipinski definition) is 6. The van der Waals surface area contributed by atoms with Crippen molar-refractivity contribution in [2.45, 2.75) is 56.6 Å². The first-order valence-corrected chi connectivity index (χ1v) is 12.6. The van der Waals surface area contributed by atoms with E-state index in [4.69, 9.17) is 4.74 Å². The van der Waals surface area contributed by atoms with Crippen LogP contribution >= 0.6 is 0 Å². The van der Waals surface area contributed by atoms with Crippen molar-refractivity contribution < 1.29 is 14.3 Å². The molecule has 4 heterocycles. The van der Waals surface area contributed by atoms with Crippen molar-refractivity contribution in [1.29, 1.82) is 0 Å². The molecule has 0 aliphatic carbocycles. The van der Waals surface area contributed by atoms with Gasteiger partial charge >= 0.3 is 5.69 Å². The topological polar surface area (TPSA) is 97.6 Å². The largest absolute Gasteiger partial charge is 0.377 e. The third-order valence-electron chi connectivity index (χ3n) is 7.74. The quantitative estimate of drug-likeness (QED) is 0.619. The average molecular weight is 470 g/mol. The fourth-order valence-corrected chi connectivity index (χ4v) is 5.66. The van der Waals surface area contributed by atoms with Crippen LogP contribution in [0.15, 0.2) is 23.0 Å². The lowest BCUT2D eigenvalue weighted by Gasteiger charge is -2.33. The maximum Gasteiger partial charge on any atom is 0.329 e. The van der Waals surface area contributed by atoms with Crippen LogP contribution in [0.5, 0.6) is 0 Å². The maximum absolute atomic E-state index is 13.0. The molecular weight excluding hydrogens is 434 g/mol. The first kappa shape index (κ1) is 23.3. The van der Waals surface area contributed by atoms with Crippen molar-refractivity contribution in [3.05, 3.63) is 34.2 Å². The first-order chi connectivity index (χ1) is 16.5. The highest BCUT2D eigenvalue weighted by Gasteiger charge is 2.31. The van der Waals surface area contributed by atoms with Gasteiger partial charge in [-0.2, -0.15) is 0 Å². The van der Waals surface area contributed by atoms with Gasteiger partial charge < -0.3 is 15.0 Å². The number of likely N-dealkylation sites (tertiary alicyclic amines) is 1. The molecule has 3 saturated heterocycles. The molecular formula is C25H35N5O4. The summed E-state index contributed by atoms with van der Waals surface area (Å²) in [6.45, 7) is 6.01. The fourth-order valence-electron chi connectivity index (χ4n) is 5.66. The number of carbonyl (C=O) groups is 2. The number of imidazole rings is 1. The molecule has 1 aromatic heterocycles. The van der Waals surface area contributed by atoms with Gasteiger partial charge in [0.2, 0.25) is 11.8 Å². The van der Waals surface area contributed by atoms with Crippen molar-refractivity contribution in [2.24, 2.45) is 7.05 Å². The SMILES string of the molecule is Cn1c(=O)n(C2CCC(=O)NC2=O)c2ccc(C3CCN(CCOC4CCNCC4)CC3)cc21. The molecule has 3 aliphatic rings. The van der Waals surface area contributed by atoms with E-state index < -0.39 is 11.9 Å². The molecule has 2 amide bonds. The van der Waals surface area contributed by atoms with E-state index in [1.807, 2.05) is 6.07 Å². The Labute approximate surface area is 199 Å². The number of nitrogens with zero attached hydrogens (tertiary/aromatic N) is 3. The van der Waals surface area contributed by atoms with E-state index in [9.17, 15) is 14.4 Å². The van der Waals surface area contributed by atoms with Crippen LogP contribution in [-0.2, 0) is 21.4 Å². The van der Waals surface area contributed by atoms with Gasteiger partial charge in [-0.3, -0.25) is 24.0 Å². The summed E-state index contributed by atoms with van der Waals surface area (Å²) >= 11 is 0. The second-order valence-corrected chi connectivity index (χ2v) is 9.86. The van der Waals surface area contributed by atoms with Crippen LogP contribution in [-0.4, -0.2) is 71.3 Å². The zero-order valence-corrected chi connectivity index (χ0v) is 19.9. The molecule has 2 N–H and O–H groups in total. The van der Waals surface area contributed by atoms with Gasteiger partial charge in [0.05, 0.1) is 23.7 Å². The van der Waals surface area contributed by atoms with E-state index in [1.165, 1.54) is 5.56 Å². The molecule has 0 bridgehead atoms. The first-order valence-electron chi connectivity index (χ1n) is 12.6. The molecule has 1 aromatic carbocycles. The Bertz CT molecular complexity index is 1110. The van der Waals surface area contributed by atoms with Gasteiger partial charge in [0.15, 0.2) is 0 Å². The predicted molar refractivity (Wildman–Crippen MR) is 129 cm³/mol. The minimum absolute atomic E-state index is 0.217. The van der Waals surface area contributed by atoms with Crippen LogP contribution in [0.1, 0.15) is 56.0 Å².